The SMILES string of the molecule is C#CCCN(C)[C@H]1C[C@@H](C)O[C@@H](C[C@@]2(O)C[C@@H](C)/C(=N\O)[C@H](C)[C@@H](O)[C@](C)(O)[C@@H](CC)OC(=O)[C@H](C)[C@@H](O[C@H]3C[C@@](C)(OC)[C@@H](O)[C@H](C)O3)[C@H](C)[C@H]2O)[C@@H]1O. The topological polar surface area (TPSA) is 220 Å². The Kier molecular flexibility index (Phi) is 16.6. The van der Waals surface area contributed by atoms with Crippen LogP contribution >= 0.6 is 0 Å². The van der Waals surface area contributed by atoms with Gasteiger partial charge in [0.25, 0.3) is 0 Å². The molecule has 3 aliphatic heterocycles. The van der Waals surface area contributed by atoms with Crippen molar-refractivity contribution >= 4 is 11.7 Å². The quantitative estimate of drug-likeness (QED) is 0.0768. The van der Waals surface area contributed by atoms with E-state index in [-0.39, 0.29) is 43.5 Å². The standard InChI is InChI=1S/C40H70N2O13/c1-13-15-16-42(11)27-17-22(4)52-28(32(27)43)19-40(49)18-21(3)31(41-50)23(5)34(44)39(10,48)29(14-2)54-37(47)25(7)33(24(6)35(40)45)55-30-20-38(9,51-12)36(46)26(8)53-30/h1,21-30,32-36,43-46,48-50H,14-20H2,2-12H3/b41-31+/t21-,22-,23+,24+,25-,26+,27+,28+,29-,30+,32-,33+,34-,35-,36+,38-,39-,40+/m1/s1. The van der Waals surface area contributed by atoms with Crippen LogP contribution < -0.4 is 0 Å². The number of likely N-dealkylation sites (N-methyl/N-ethyl adjacent to an activating group) is 1. The number of nitrogens with zero attached hydrogens (tertiary/aromatic N) is 2. The number of oxime groups is 1. The Hall–Kier alpha value is -1.94. The Morgan fingerprint density at radius 3 is 2.18 bits per heavy atom. The third kappa shape index (κ3) is 10.4. The smallest absolute Gasteiger partial charge is 0.311 e. The highest BCUT2D eigenvalue weighted by atomic mass is 16.7. The zero-order chi connectivity index (χ0) is 41.8. The van der Waals surface area contributed by atoms with Crippen molar-refractivity contribution < 1.29 is 64.3 Å². The fourth-order valence-corrected chi connectivity index (χ4v) is 9.12. The zero-order valence-corrected chi connectivity index (χ0v) is 34.7. The lowest BCUT2D eigenvalue weighted by Gasteiger charge is -2.49. The van der Waals surface area contributed by atoms with Crippen LogP contribution in [0, 0.1) is 36.0 Å². The van der Waals surface area contributed by atoms with E-state index in [4.69, 9.17) is 30.1 Å². The van der Waals surface area contributed by atoms with Gasteiger partial charge in [-0.25, -0.2) is 0 Å². The Labute approximate surface area is 327 Å². The van der Waals surface area contributed by atoms with E-state index < -0.39 is 102 Å². The van der Waals surface area contributed by atoms with Crippen molar-refractivity contribution in [1.29, 1.82) is 0 Å². The third-order valence-corrected chi connectivity index (χ3v) is 12.8. The van der Waals surface area contributed by atoms with Crippen LogP contribution in [0.5, 0.6) is 0 Å². The Bertz CT molecular complexity index is 1330. The van der Waals surface area contributed by atoms with Crippen LogP contribution in [0.15, 0.2) is 5.16 Å². The number of terminal acetylenes is 1. The van der Waals surface area contributed by atoms with E-state index in [0.717, 1.165) is 0 Å². The van der Waals surface area contributed by atoms with Crippen molar-refractivity contribution in [3.63, 3.8) is 0 Å². The second-order valence-corrected chi connectivity index (χ2v) is 17.1. The van der Waals surface area contributed by atoms with Crippen molar-refractivity contribution in [2.45, 2.75) is 185 Å². The van der Waals surface area contributed by atoms with Gasteiger partial charge in [0.15, 0.2) is 6.29 Å². The number of rotatable bonds is 9. The maximum Gasteiger partial charge on any atom is 0.311 e. The number of hydrogen-bond acceptors (Lipinski definition) is 15. The number of hydrogen-bond donors (Lipinski definition) is 7. The van der Waals surface area contributed by atoms with Gasteiger partial charge in [-0.15, -0.1) is 12.3 Å². The lowest BCUT2D eigenvalue weighted by atomic mass is 9.71. The van der Waals surface area contributed by atoms with Gasteiger partial charge >= 0.3 is 5.97 Å². The van der Waals surface area contributed by atoms with Crippen LogP contribution in [0.4, 0.5) is 0 Å². The molecule has 3 rings (SSSR count). The highest BCUT2D eigenvalue weighted by Crippen LogP contribution is 2.41. The van der Waals surface area contributed by atoms with Gasteiger partial charge in [-0.3, -0.25) is 9.69 Å². The summed E-state index contributed by atoms with van der Waals surface area (Å²) in [4.78, 5) is 16.0. The summed E-state index contributed by atoms with van der Waals surface area (Å²) in [5.74, 6) is -2.16. The van der Waals surface area contributed by atoms with E-state index in [2.05, 4.69) is 11.1 Å². The van der Waals surface area contributed by atoms with Gasteiger partial charge in [0.1, 0.15) is 17.8 Å². The summed E-state index contributed by atoms with van der Waals surface area (Å²) in [6.07, 6.45) is -4.72. The molecule has 0 aromatic heterocycles. The van der Waals surface area contributed by atoms with Gasteiger partial charge in [0.2, 0.25) is 0 Å². The molecule has 7 N–H and O–H groups in total. The Morgan fingerprint density at radius 1 is 0.982 bits per heavy atom. The molecule has 0 aliphatic carbocycles. The molecule has 3 aliphatic rings. The van der Waals surface area contributed by atoms with Gasteiger partial charge in [-0.2, -0.15) is 0 Å². The van der Waals surface area contributed by atoms with Crippen molar-refractivity contribution in [2.75, 3.05) is 20.7 Å². The number of carbonyl (C=O) groups excluding carboxylic acids is 1. The molecule has 0 amide bonds. The van der Waals surface area contributed by atoms with Gasteiger partial charge in [-0.05, 0) is 60.9 Å². The number of carbonyl (C=O) groups is 1. The molecule has 3 fully saturated rings. The van der Waals surface area contributed by atoms with Gasteiger partial charge in [0.05, 0.1) is 65.6 Å². The predicted molar refractivity (Wildman–Crippen MR) is 203 cm³/mol. The first-order chi connectivity index (χ1) is 25.5. The molecular weight excluding hydrogens is 716 g/mol. The first-order valence-corrected chi connectivity index (χ1v) is 19.8. The molecule has 0 radical (unpaired) electrons. The average molecular weight is 787 g/mol. The van der Waals surface area contributed by atoms with E-state index in [0.29, 0.717) is 19.4 Å². The molecule has 0 unspecified atom stereocenters. The lowest BCUT2D eigenvalue weighted by molar-refractivity contribution is -0.300. The molecule has 3 saturated heterocycles. The maximum absolute atomic E-state index is 14.1. The van der Waals surface area contributed by atoms with Gasteiger partial charge in [0, 0.05) is 56.7 Å². The van der Waals surface area contributed by atoms with Gasteiger partial charge < -0.3 is 59.5 Å². The maximum atomic E-state index is 14.1. The van der Waals surface area contributed by atoms with Crippen molar-refractivity contribution in [3.8, 4) is 12.3 Å². The lowest BCUT2D eigenvalue weighted by Crippen LogP contribution is -2.61. The highest BCUT2D eigenvalue weighted by molar-refractivity contribution is 5.88. The van der Waals surface area contributed by atoms with Crippen molar-refractivity contribution in [3.05, 3.63) is 0 Å². The van der Waals surface area contributed by atoms with E-state index in [1.807, 2.05) is 18.9 Å². The van der Waals surface area contributed by atoms with Crippen molar-refractivity contribution in [1.82, 2.24) is 4.90 Å². The second kappa shape index (κ2) is 19.2. The minimum Gasteiger partial charge on any atom is -0.459 e. The summed E-state index contributed by atoms with van der Waals surface area (Å²) in [5.41, 5.74) is -5.17. The summed E-state index contributed by atoms with van der Waals surface area (Å²) in [6, 6.07) is -0.378. The van der Waals surface area contributed by atoms with Crippen LogP contribution in [0.3, 0.4) is 0 Å². The number of cyclic esters (lactones) is 1. The van der Waals surface area contributed by atoms with E-state index in [1.54, 1.807) is 48.5 Å². The summed E-state index contributed by atoms with van der Waals surface area (Å²) in [7, 11) is 3.32. The number of aliphatic hydroxyl groups is 6. The second-order valence-electron chi connectivity index (χ2n) is 17.1. The minimum absolute atomic E-state index is 0.0258. The van der Waals surface area contributed by atoms with Crippen molar-refractivity contribution in [2.24, 2.45) is 28.8 Å². The molecule has 3 heterocycles. The monoisotopic (exact) mass is 786 g/mol. The first-order valence-electron chi connectivity index (χ1n) is 19.8. The highest BCUT2D eigenvalue weighted by Gasteiger charge is 2.54. The fourth-order valence-electron chi connectivity index (χ4n) is 9.12. The predicted octanol–water partition coefficient (Wildman–Crippen LogP) is 1.83. The summed E-state index contributed by atoms with van der Waals surface area (Å²) >= 11 is 0. The molecule has 55 heavy (non-hydrogen) atoms. The number of ether oxygens (including phenoxy) is 5. The van der Waals surface area contributed by atoms with Crippen LogP contribution in [0.1, 0.15) is 101 Å². The molecule has 318 valence electrons. The third-order valence-electron chi connectivity index (χ3n) is 12.8. The number of aliphatic hydroxyl groups excluding tert-OH is 4. The molecule has 15 heteroatoms. The number of esters is 1. The summed E-state index contributed by atoms with van der Waals surface area (Å²) in [5, 5.41) is 85.1. The molecule has 15 nitrogen and oxygen atoms in total. The van der Waals surface area contributed by atoms with Crippen LogP contribution in [-0.2, 0) is 28.5 Å². The van der Waals surface area contributed by atoms with Crippen LogP contribution in [0.2, 0.25) is 0 Å². The minimum atomic E-state index is -2.09. The van der Waals surface area contributed by atoms with Crippen LogP contribution in [0.25, 0.3) is 0 Å². The number of methoxy groups -OCH3 is 1. The van der Waals surface area contributed by atoms with Gasteiger partial charge in [-0.1, -0.05) is 32.9 Å². The fraction of sp³-hybridized carbons (Fsp3) is 0.900. The largest absolute Gasteiger partial charge is 0.459 e. The molecule has 0 bridgehead atoms. The zero-order valence-electron chi connectivity index (χ0n) is 34.7. The molecule has 18 atom stereocenters. The molecule has 0 saturated carbocycles. The van der Waals surface area contributed by atoms with E-state index in [1.165, 1.54) is 14.0 Å². The Balaban J connectivity index is 2.18. The average Bonchev–Trinajstić information content (AvgIpc) is 3.13. The molecule has 0 aromatic rings. The Morgan fingerprint density at radius 2 is 1.62 bits per heavy atom. The normalized spacial score (nSPS) is 47.5. The summed E-state index contributed by atoms with van der Waals surface area (Å²) in [6.45, 7) is 15.2. The first kappa shape index (κ1) is 47.4. The molecule has 0 spiro atoms. The molecular formula is C40H70N2O13. The molecule has 0 aromatic carbocycles. The van der Waals surface area contributed by atoms with E-state index in [9.17, 15) is 40.6 Å². The summed E-state index contributed by atoms with van der Waals surface area (Å²) < 4.78 is 30.4. The van der Waals surface area contributed by atoms with E-state index >= 15 is 0 Å². The van der Waals surface area contributed by atoms with Crippen LogP contribution in [-0.4, -0.2) is 157 Å².